The topological polar surface area (TPSA) is 85.2 Å². The fourth-order valence-electron chi connectivity index (χ4n) is 3.57. The second kappa shape index (κ2) is 5.64. The van der Waals surface area contributed by atoms with Crippen molar-refractivity contribution in [3.05, 3.63) is 22.9 Å². The number of hydrogen-bond donors (Lipinski definition) is 2. The maximum Gasteiger partial charge on any atom is 0.252 e. The minimum atomic E-state index is -0.383. The number of pyridine rings is 1. The summed E-state index contributed by atoms with van der Waals surface area (Å²) in [6.45, 7) is 0. The zero-order valence-electron chi connectivity index (χ0n) is 12.6. The lowest BCUT2D eigenvalue weighted by molar-refractivity contribution is 0.1000. The number of nitrogens with two attached hydrogens (primary N) is 2. The Bertz CT molecular complexity index is 549. The molecule has 2 aliphatic rings. The highest BCUT2D eigenvalue weighted by molar-refractivity contribution is 5.98. The highest BCUT2D eigenvalue weighted by Gasteiger charge is 2.27. The molecule has 0 spiro atoms. The maximum absolute atomic E-state index is 11.8. The fraction of sp³-hybridized carbons (Fsp3) is 0.625. The fourth-order valence-corrected chi connectivity index (χ4v) is 3.57. The molecule has 0 bridgehead atoms. The lowest BCUT2D eigenvalue weighted by Gasteiger charge is -2.35. The van der Waals surface area contributed by atoms with Gasteiger partial charge in [0.2, 0.25) is 0 Å². The van der Waals surface area contributed by atoms with E-state index in [-0.39, 0.29) is 5.91 Å². The smallest absolute Gasteiger partial charge is 0.252 e. The van der Waals surface area contributed by atoms with E-state index in [2.05, 4.69) is 4.90 Å². The number of carbonyl (C=O) groups excluding carboxylic acids is 1. The van der Waals surface area contributed by atoms with Gasteiger partial charge in [-0.05, 0) is 56.6 Å². The van der Waals surface area contributed by atoms with Gasteiger partial charge in [-0.1, -0.05) is 0 Å². The SMILES string of the molecule is CN(c1nc2c(cc1C(N)=O)CCC2)C1CCC(N)CC1. The van der Waals surface area contributed by atoms with Gasteiger partial charge in [0, 0.05) is 24.8 Å². The predicted octanol–water partition coefficient (Wildman–Crippen LogP) is 1.38. The average molecular weight is 288 g/mol. The largest absolute Gasteiger partial charge is 0.365 e. The first-order chi connectivity index (χ1) is 10.1. The summed E-state index contributed by atoms with van der Waals surface area (Å²) < 4.78 is 0. The standard InChI is InChI=1S/C16H24N4O/c1-20(12-7-5-11(17)6-8-12)16-13(15(18)21)9-10-3-2-4-14(10)19-16/h9,11-12H,2-8,17H2,1H3,(H2,18,21). The van der Waals surface area contributed by atoms with Crippen molar-refractivity contribution < 1.29 is 4.79 Å². The molecule has 0 saturated heterocycles. The molecular weight excluding hydrogens is 264 g/mol. The Morgan fingerprint density at radius 2 is 2.00 bits per heavy atom. The summed E-state index contributed by atoms with van der Waals surface area (Å²) in [6.07, 6.45) is 7.29. The highest BCUT2D eigenvalue weighted by Crippen LogP contribution is 2.30. The number of carbonyl (C=O) groups is 1. The number of nitrogens with zero attached hydrogens (tertiary/aromatic N) is 2. The monoisotopic (exact) mass is 288 g/mol. The molecule has 0 aromatic carbocycles. The maximum atomic E-state index is 11.8. The molecule has 5 heteroatoms. The van der Waals surface area contributed by atoms with Crippen molar-refractivity contribution in [1.29, 1.82) is 0 Å². The van der Waals surface area contributed by atoms with E-state index in [9.17, 15) is 4.79 Å². The van der Waals surface area contributed by atoms with Crippen LogP contribution in [0.5, 0.6) is 0 Å². The Morgan fingerprint density at radius 1 is 1.29 bits per heavy atom. The molecule has 0 radical (unpaired) electrons. The van der Waals surface area contributed by atoms with Crippen LogP contribution < -0.4 is 16.4 Å². The van der Waals surface area contributed by atoms with Gasteiger partial charge in [-0.2, -0.15) is 0 Å². The van der Waals surface area contributed by atoms with E-state index in [0.717, 1.165) is 56.5 Å². The van der Waals surface area contributed by atoms with Gasteiger partial charge in [-0.3, -0.25) is 4.79 Å². The van der Waals surface area contributed by atoms with Gasteiger partial charge in [-0.25, -0.2) is 4.98 Å². The number of anilines is 1. The van der Waals surface area contributed by atoms with Crippen LogP contribution in [0.2, 0.25) is 0 Å². The molecule has 114 valence electrons. The van der Waals surface area contributed by atoms with Crippen molar-refractivity contribution in [1.82, 2.24) is 4.98 Å². The Balaban J connectivity index is 1.91. The number of rotatable bonds is 3. The number of fused-ring (bicyclic) bond motifs is 1. The molecule has 1 saturated carbocycles. The van der Waals surface area contributed by atoms with Gasteiger partial charge in [0.1, 0.15) is 5.82 Å². The van der Waals surface area contributed by atoms with E-state index in [4.69, 9.17) is 16.5 Å². The molecular formula is C16H24N4O. The molecule has 1 aromatic heterocycles. The molecule has 2 aliphatic carbocycles. The van der Waals surface area contributed by atoms with E-state index in [1.807, 2.05) is 13.1 Å². The minimum Gasteiger partial charge on any atom is -0.365 e. The van der Waals surface area contributed by atoms with Gasteiger partial charge >= 0.3 is 0 Å². The lowest BCUT2D eigenvalue weighted by atomic mass is 9.91. The van der Waals surface area contributed by atoms with Crippen molar-refractivity contribution >= 4 is 11.7 Å². The Hall–Kier alpha value is -1.62. The first kappa shape index (κ1) is 14.3. The molecule has 1 aromatic rings. The summed E-state index contributed by atoms with van der Waals surface area (Å²) in [5.41, 5.74) is 14.4. The molecule has 0 atom stereocenters. The quantitative estimate of drug-likeness (QED) is 0.880. The lowest BCUT2D eigenvalue weighted by Crippen LogP contribution is -2.40. The number of hydrogen-bond acceptors (Lipinski definition) is 4. The van der Waals surface area contributed by atoms with Crippen molar-refractivity contribution in [2.45, 2.75) is 57.0 Å². The predicted molar refractivity (Wildman–Crippen MR) is 83.4 cm³/mol. The number of amides is 1. The molecule has 21 heavy (non-hydrogen) atoms. The molecule has 5 nitrogen and oxygen atoms in total. The van der Waals surface area contributed by atoms with E-state index >= 15 is 0 Å². The molecule has 3 rings (SSSR count). The first-order valence-electron chi connectivity index (χ1n) is 7.87. The van der Waals surface area contributed by atoms with Gasteiger partial charge in [0.15, 0.2) is 0 Å². The highest BCUT2D eigenvalue weighted by atomic mass is 16.1. The number of primary amides is 1. The van der Waals surface area contributed by atoms with E-state index in [1.54, 1.807) is 0 Å². The minimum absolute atomic E-state index is 0.318. The van der Waals surface area contributed by atoms with Crippen molar-refractivity contribution in [2.24, 2.45) is 11.5 Å². The van der Waals surface area contributed by atoms with Crippen molar-refractivity contribution in [2.75, 3.05) is 11.9 Å². The van der Waals surface area contributed by atoms with E-state index in [0.29, 0.717) is 17.6 Å². The van der Waals surface area contributed by atoms with Crippen LogP contribution in [-0.4, -0.2) is 30.0 Å². The second-order valence-electron chi connectivity index (χ2n) is 6.36. The second-order valence-corrected chi connectivity index (χ2v) is 6.36. The van der Waals surface area contributed by atoms with Crippen molar-refractivity contribution in [3.63, 3.8) is 0 Å². The van der Waals surface area contributed by atoms with Gasteiger partial charge < -0.3 is 16.4 Å². The van der Waals surface area contributed by atoms with Gasteiger partial charge in [0.05, 0.1) is 5.56 Å². The molecule has 0 unspecified atom stereocenters. The van der Waals surface area contributed by atoms with Crippen LogP contribution in [-0.2, 0) is 12.8 Å². The summed E-state index contributed by atoms with van der Waals surface area (Å²) >= 11 is 0. The number of aromatic nitrogens is 1. The summed E-state index contributed by atoms with van der Waals surface area (Å²) in [5, 5.41) is 0. The van der Waals surface area contributed by atoms with Crippen LogP contribution in [0, 0.1) is 0 Å². The van der Waals surface area contributed by atoms with Crippen LogP contribution >= 0.6 is 0 Å². The van der Waals surface area contributed by atoms with E-state index < -0.39 is 0 Å². The third kappa shape index (κ3) is 2.75. The van der Waals surface area contributed by atoms with Crippen LogP contribution in [0.1, 0.15) is 53.7 Å². The zero-order valence-corrected chi connectivity index (χ0v) is 12.6. The average Bonchev–Trinajstić information content (AvgIpc) is 2.93. The summed E-state index contributed by atoms with van der Waals surface area (Å²) in [7, 11) is 2.03. The third-order valence-corrected chi connectivity index (χ3v) is 4.92. The summed E-state index contributed by atoms with van der Waals surface area (Å²) in [4.78, 5) is 18.7. The zero-order chi connectivity index (χ0) is 15.0. The summed E-state index contributed by atoms with van der Waals surface area (Å²) in [6, 6.07) is 2.67. The van der Waals surface area contributed by atoms with Gasteiger partial charge in [-0.15, -0.1) is 0 Å². The Kier molecular flexibility index (Phi) is 3.85. The Morgan fingerprint density at radius 3 is 2.67 bits per heavy atom. The van der Waals surface area contributed by atoms with Crippen LogP contribution in [0.15, 0.2) is 6.07 Å². The van der Waals surface area contributed by atoms with Crippen LogP contribution in [0.25, 0.3) is 0 Å². The normalized spacial score (nSPS) is 24.7. The van der Waals surface area contributed by atoms with Crippen LogP contribution in [0.3, 0.4) is 0 Å². The molecule has 4 N–H and O–H groups in total. The Labute approximate surface area is 125 Å². The number of aryl methyl sites for hydroxylation is 2. The van der Waals surface area contributed by atoms with E-state index in [1.165, 1.54) is 5.56 Å². The molecule has 1 fully saturated rings. The molecule has 0 aliphatic heterocycles. The van der Waals surface area contributed by atoms with Gasteiger partial charge in [0.25, 0.3) is 5.91 Å². The van der Waals surface area contributed by atoms with Crippen molar-refractivity contribution in [3.8, 4) is 0 Å². The van der Waals surface area contributed by atoms with Crippen LogP contribution in [0.4, 0.5) is 5.82 Å². The third-order valence-electron chi connectivity index (χ3n) is 4.92. The molecule has 1 heterocycles. The summed E-state index contributed by atoms with van der Waals surface area (Å²) in [5.74, 6) is 0.371. The first-order valence-corrected chi connectivity index (χ1v) is 7.87. The molecule has 1 amide bonds.